The second-order valence-electron chi connectivity index (χ2n) is 15.8. The van der Waals surface area contributed by atoms with Gasteiger partial charge in [0.05, 0.1) is 74.2 Å². The number of benzene rings is 3. The van der Waals surface area contributed by atoms with Crippen LogP contribution in [-0.4, -0.2) is 100.0 Å². The van der Waals surface area contributed by atoms with E-state index in [4.69, 9.17) is 35.5 Å². The number of halogens is 1. The number of carbonyl (C=O) groups is 2. The number of thiophene rings is 1. The van der Waals surface area contributed by atoms with Crippen molar-refractivity contribution >= 4 is 61.6 Å². The molecule has 1 aliphatic heterocycles. The highest BCUT2D eigenvalue weighted by molar-refractivity contribution is 7.92. The maximum Gasteiger partial charge on any atom is 0.261 e. The minimum atomic E-state index is -4.01. The van der Waals surface area contributed by atoms with Gasteiger partial charge in [-0.3, -0.25) is 23.9 Å². The molecule has 0 saturated heterocycles. The Balaban J connectivity index is 0.736. The van der Waals surface area contributed by atoms with Crippen molar-refractivity contribution in [3.8, 4) is 11.1 Å². The molecule has 7 rings (SSSR count). The van der Waals surface area contributed by atoms with E-state index in [1.54, 1.807) is 29.5 Å². The van der Waals surface area contributed by atoms with E-state index < -0.39 is 22.0 Å². The Morgan fingerprint density at radius 2 is 1.59 bits per heavy atom. The van der Waals surface area contributed by atoms with Crippen LogP contribution in [0.1, 0.15) is 85.6 Å². The van der Waals surface area contributed by atoms with Gasteiger partial charge in [-0.25, -0.2) is 8.42 Å². The van der Waals surface area contributed by atoms with Gasteiger partial charge >= 0.3 is 0 Å². The first-order valence-corrected chi connectivity index (χ1v) is 24.4. The van der Waals surface area contributed by atoms with E-state index in [2.05, 4.69) is 40.2 Å². The average molecular weight is 955 g/mol. The number of aliphatic imine (C=N–C) groups is 1. The summed E-state index contributed by atoms with van der Waals surface area (Å²) in [6, 6.07) is 18.6. The number of rotatable bonds is 23. The molecule has 0 saturated carbocycles. The normalized spacial score (nSPS) is 14.1. The number of hydrogen-bond donors (Lipinski definition) is 2. The molecule has 5 aromatic rings. The third-order valence-electron chi connectivity index (χ3n) is 11.2. The van der Waals surface area contributed by atoms with E-state index in [0.29, 0.717) is 87.6 Å². The molecule has 1 atom stereocenters. The number of ketones is 1. The number of allylic oxidation sites excluding steroid dienone is 2. The van der Waals surface area contributed by atoms with Crippen molar-refractivity contribution in [2.45, 2.75) is 64.3 Å². The lowest BCUT2D eigenvalue weighted by Crippen LogP contribution is -2.28. The zero-order valence-corrected chi connectivity index (χ0v) is 39.7. The van der Waals surface area contributed by atoms with Crippen LogP contribution < -0.4 is 10.0 Å². The Labute approximate surface area is 393 Å². The molecule has 2 N–H and O–H groups in total. The van der Waals surface area contributed by atoms with Gasteiger partial charge in [0, 0.05) is 58.1 Å². The highest BCUT2D eigenvalue weighted by Gasteiger charge is 2.32. The zero-order valence-electron chi connectivity index (χ0n) is 37.3. The van der Waals surface area contributed by atoms with Crippen LogP contribution in [0.5, 0.6) is 0 Å². The number of nitrogens with zero attached hydrogens (tertiary/aromatic N) is 5. The van der Waals surface area contributed by atoms with E-state index in [-0.39, 0.29) is 35.8 Å². The van der Waals surface area contributed by atoms with Crippen LogP contribution in [0, 0.1) is 39.0 Å². The van der Waals surface area contributed by atoms with Gasteiger partial charge in [0.25, 0.3) is 15.9 Å². The Morgan fingerprint density at radius 1 is 0.894 bits per heavy atom. The number of nitriles is 1. The van der Waals surface area contributed by atoms with Gasteiger partial charge in [-0.05, 0) is 93.6 Å². The van der Waals surface area contributed by atoms with E-state index in [1.165, 1.54) is 29.1 Å². The number of fused-ring (bicyclic) bond motifs is 4. The average Bonchev–Trinajstić information content (AvgIpc) is 3.98. The number of anilines is 1. The summed E-state index contributed by atoms with van der Waals surface area (Å²) >= 11 is 7.90. The van der Waals surface area contributed by atoms with Gasteiger partial charge in [-0.1, -0.05) is 41.9 Å². The largest absolute Gasteiger partial charge is 0.379 e. The molecule has 2 aromatic heterocycles. The Hall–Kier alpha value is -5.58. The Kier molecular flexibility index (Phi) is 16.3. The second-order valence-corrected chi connectivity index (χ2v) is 19.1. The van der Waals surface area contributed by atoms with Gasteiger partial charge in [-0.15, -0.1) is 21.5 Å². The molecular formula is C48H52ClN7O8S2. The fourth-order valence-corrected chi connectivity index (χ4v) is 10.3. The lowest BCUT2D eigenvalue weighted by Gasteiger charge is -2.14. The van der Waals surface area contributed by atoms with Gasteiger partial charge in [0.2, 0.25) is 0 Å². The highest BCUT2D eigenvalue weighted by atomic mass is 35.5. The molecule has 0 spiro atoms. The van der Waals surface area contributed by atoms with Gasteiger partial charge in [-0.2, -0.15) is 5.26 Å². The summed E-state index contributed by atoms with van der Waals surface area (Å²) < 4.78 is 53.7. The van der Waals surface area contributed by atoms with Crippen LogP contribution in [0.25, 0.3) is 10.6 Å². The van der Waals surface area contributed by atoms with Crippen molar-refractivity contribution in [2.24, 2.45) is 4.99 Å². The standard InChI is InChI=1S/C48H52ClN7O8S2/c1-30-10-17-41(40-16-13-36(29-50)43(30)40)55-66(59,60)39-9-5-7-35(27-39)47(58)51-18-20-62-22-24-64-26-25-63-23-21-61-19-6-8-38(57)28-42-46-54-53-33(4)56(46)48-44(31(2)32(3)65-48)45(52-42)34-11-14-37(49)15-12-34/h5,7,9-15,17,27,42,55H,6,8,16,18-26,28H2,1-4H3,(H,51,58)/t42-/m0/s1. The first-order chi connectivity index (χ1) is 31.9. The Bertz CT molecular complexity index is 2790. The lowest BCUT2D eigenvalue weighted by molar-refractivity contribution is -0.119. The molecule has 1 amide bonds. The number of sulfonamides is 1. The predicted molar refractivity (Wildman–Crippen MR) is 253 cm³/mol. The molecule has 15 nitrogen and oxygen atoms in total. The molecule has 346 valence electrons. The molecule has 3 aromatic carbocycles. The third kappa shape index (κ3) is 11.5. The smallest absolute Gasteiger partial charge is 0.261 e. The predicted octanol–water partition coefficient (Wildman–Crippen LogP) is 7.61. The molecule has 2 aliphatic rings. The maximum absolute atomic E-state index is 13.3. The first kappa shape index (κ1) is 48.4. The minimum Gasteiger partial charge on any atom is -0.379 e. The van der Waals surface area contributed by atoms with Crippen LogP contribution in [-0.2, 0) is 40.2 Å². The number of Topliss-reactive ketones (excluding diaryl/α,β-unsaturated/α-hetero) is 1. The van der Waals surface area contributed by atoms with Crippen LogP contribution in [0.3, 0.4) is 0 Å². The summed E-state index contributed by atoms with van der Waals surface area (Å²) in [5.74, 6) is 1.04. The van der Waals surface area contributed by atoms with E-state index >= 15 is 0 Å². The lowest BCUT2D eigenvalue weighted by atomic mass is 9.99. The zero-order chi connectivity index (χ0) is 46.8. The van der Waals surface area contributed by atoms with Crippen LogP contribution in [0.4, 0.5) is 5.69 Å². The summed E-state index contributed by atoms with van der Waals surface area (Å²) in [6.45, 7) is 11.1. The van der Waals surface area contributed by atoms with Crippen molar-refractivity contribution < 1.29 is 37.0 Å². The fraction of sp³-hybridized carbons (Fsp3) is 0.375. The van der Waals surface area contributed by atoms with Gasteiger partial charge in [0.15, 0.2) is 5.82 Å². The Morgan fingerprint density at radius 3 is 2.30 bits per heavy atom. The molecule has 3 heterocycles. The summed E-state index contributed by atoms with van der Waals surface area (Å²) in [4.78, 5) is 32.4. The molecule has 66 heavy (non-hydrogen) atoms. The first-order valence-electron chi connectivity index (χ1n) is 21.7. The number of carbonyl (C=O) groups excluding carboxylic acids is 2. The number of nitrogens with one attached hydrogen (secondary N) is 2. The summed E-state index contributed by atoms with van der Waals surface area (Å²) in [5.41, 5.74) is 7.42. The van der Waals surface area contributed by atoms with E-state index in [1.807, 2.05) is 42.7 Å². The van der Waals surface area contributed by atoms with Crippen LogP contribution in [0.2, 0.25) is 5.02 Å². The van der Waals surface area contributed by atoms with Crippen molar-refractivity contribution in [2.75, 3.05) is 64.1 Å². The molecule has 18 heteroatoms. The monoisotopic (exact) mass is 953 g/mol. The number of hydrogen-bond acceptors (Lipinski definition) is 13. The SMILES string of the molecule is Cc1ccc(NS(=O)(=O)c2cccc(C(=O)NCCOCCOCCOCCOCCCC(=O)C[C@@H]3N=C(c4ccc(Cl)cc4)c4c(sc(C)c4C)-n4c(C)nnc43)c2)c2c1C(C#N)=CC2. The minimum absolute atomic E-state index is 0.0571. The quantitative estimate of drug-likeness (QED) is 0.0612. The highest BCUT2D eigenvalue weighted by Crippen LogP contribution is 2.40. The number of ether oxygens (including phenoxy) is 4. The van der Waals surface area contributed by atoms with Crippen molar-refractivity contribution in [3.05, 3.63) is 127 Å². The number of aromatic nitrogens is 3. The molecular weight excluding hydrogens is 902 g/mol. The summed E-state index contributed by atoms with van der Waals surface area (Å²) in [5, 5.41) is 22.7. The van der Waals surface area contributed by atoms with Crippen molar-refractivity contribution in [1.29, 1.82) is 5.26 Å². The van der Waals surface area contributed by atoms with Crippen LogP contribution >= 0.6 is 22.9 Å². The molecule has 1 aliphatic carbocycles. The second kappa shape index (κ2) is 22.3. The number of aryl methyl sites for hydroxylation is 3. The summed E-state index contributed by atoms with van der Waals surface area (Å²) in [6.07, 6.45) is 3.35. The topological polar surface area (TPSA) is 196 Å². The number of amides is 1. The molecule has 0 bridgehead atoms. The van der Waals surface area contributed by atoms with E-state index in [9.17, 15) is 23.3 Å². The van der Waals surface area contributed by atoms with Gasteiger partial charge in [0.1, 0.15) is 22.7 Å². The van der Waals surface area contributed by atoms with E-state index in [0.717, 1.165) is 49.9 Å². The maximum atomic E-state index is 13.3. The van der Waals surface area contributed by atoms with Gasteiger partial charge < -0.3 is 24.3 Å². The summed E-state index contributed by atoms with van der Waals surface area (Å²) in [7, 11) is -4.01. The molecule has 0 fully saturated rings. The molecule has 0 unspecified atom stereocenters. The van der Waals surface area contributed by atoms with Crippen molar-refractivity contribution in [1.82, 2.24) is 20.1 Å². The van der Waals surface area contributed by atoms with Crippen LogP contribution in [0.15, 0.2) is 76.6 Å². The fourth-order valence-electron chi connectivity index (χ4n) is 7.79. The molecule has 0 radical (unpaired) electrons. The third-order valence-corrected chi connectivity index (χ3v) is 14.1. The van der Waals surface area contributed by atoms with Crippen molar-refractivity contribution in [3.63, 3.8) is 0 Å².